The molecule has 0 bridgehead atoms. The molecule has 4 unspecified atom stereocenters. The third-order valence-corrected chi connectivity index (χ3v) is 6.23. The van der Waals surface area contributed by atoms with Gasteiger partial charge < -0.3 is 15.6 Å². The van der Waals surface area contributed by atoms with Gasteiger partial charge in [-0.2, -0.15) is 5.06 Å². The van der Waals surface area contributed by atoms with Crippen LogP contribution >= 0.6 is 0 Å². The molecule has 0 radical (unpaired) electrons. The van der Waals surface area contributed by atoms with E-state index in [1.54, 1.807) is 25.8 Å². The van der Waals surface area contributed by atoms with Gasteiger partial charge in [-0.15, -0.1) is 0 Å². The number of aliphatic carboxylic acids is 1. The van der Waals surface area contributed by atoms with E-state index in [1.165, 1.54) is 6.42 Å². The van der Waals surface area contributed by atoms with Gasteiger partial charge in [0.15, 0.2) is 0 Å². The number of nitrogens with zero attached hydrogens (tertiary/aromatic N) is 1. The van der Waals surface area contributed by atoms with Crippen LogP contribution in [0.2, 0.25) is 0 Å². The summed E-state index contributed by atoms with van der Waals surface area (Å²) < 4.78 is 5.70. The average Bonchev–Trinajstić information content (AvgIpc) is 3.11. The Morgan fingerprint density at radius 2 is 1.84 bits per heavy atom. The first-order valence-corrected chi connectivity index (χ1v) is 11.3. The first-order chi connectivity index (χ1) is 14.7. The van der Waals surface area contributed by atoms with E-state index in [9.17, 15) is 14.7 Å². The Morgan fingerprint density at radius 3 is 2.42 bits per heavy atom. The lowest BCUT2D eigenvalue weighted by Gasteiger charge is -2.36. The van der Waals surface area contributed by atoms with Gasteiger partial charge in [0.1, 0.15) is 23.5 Å². The molecule has 1 aromatic rings. The molecular weight excluding hydrogens is 396 g/mol. The molecule has 172 valence electrons. The van der Waals surface area contributed by atoms with Gasteiger partial charge >= 0.3 is 11.9 Å². The number of carboxylic acid groups (broad SMARTS) is 1. The van der Waals surface area contributed by atoms with Gasteiger partial charge in [-0.1, -0.05) is 49.6 Å². The van der Waals surface area contributed by atoms with Crippen LogP contribution in [0.3, 0.4) is 0 Å². The summed E-state index contributed by atoms with van der Waals surface area (Å²) >= 11 is 0. The Labute approximate surface area is 184 Å². The molecule has 2 aliphatic rings. The predicted octanol–water partition coefficient (Wildman–Crippen LogP) is 3.37. The molecule has 7 nitrogen and oxygen atoms in total. The largest absolute Gasteiger partial charge is 0.481 e. The highest BCUT2D eigenvalue weighted by atomic mass is 16.7. The number of hydroxylamine groups is 2. The molecule has 7 heteroatoms. The Kier molecular flexibility index (Phi) is 7.73. The molecule has 1 saturated carbocycles. The van der Waals surface area contributed by atoms with E-state index in [1.807, 2.05) is 30.3 Å². The molecule has 1 aliphatic carbocycles. The number of carbonyl (C=O) groups is 2. The van der Waals surface area contributed by atoms with Crippen molar-refractivity contribution >= 4 is 11.9 Å². The number of carboxylic acids is 1. The number of nitrogens with two attached hydrogens (primary N) is 1. The molecule has 0 amide bonds. The molecule has 3 rings (SSSR count). The minimum atomic E-state index is -0.982. The summed E-state index contributed by atoms with van der Waals surface area (Å²) in [7, 11) is 0. The van der Waals surface area contributed by atoms with E-state index < -0.39 is 41.5 Å². The van der Waals surface area contributed by atoms with Crippen LogP contribution in [0.25, 0.3) is 0 Å². The van der Waals surface area contributed by atoms with Crippen molar-refractivity contribution in [2.75, 3.05) is 6.54 Å². The zero-order chi connectivity index (χ0) is 22.6. The molecule has 4 atom stereocenters. The van der Waals surface area contributed by atoms with Gasteiger partial charge in [0.2, 0.25) is 0 Å². The number of esters is 1. The normalized spacial score (nSPS) is 25.2. The van der Waals surface area contributed by atoms with Crippen LogP contribution in [0.15, 0.2) is 30.3 Å². The van der Waals surface area contributed by atoms with Crippen molar-refractivity contribution < 1.29 is 24.3 Å². The zero-order valence-electron chi connectivity index (χ0n) is 18.8. The summed E-state index contributed by atoms with van der Waals surface area (Å²) in [5.41, 5.74) is 6.98. The second-order valence-electron chi connectivity index (χ2n) is 9.86. The number of benzene rings is 1. The molecule has 1 aromatic carbocycles. The smallest absolute Gasteiger partial charge is 0.313 e. The van der Waals surface area contributed by atoms with Crippen LogP contribution in [0.4, 0.5) is 0 Å². The van der Waals surface area contributed by atoms with E-state index in [-0.39, 0.29) is 12.5 Å². The Morgan fingerprint density at radius 1 is 1.19 bits per heavy atom. The standard InChI is InChI=1S/C24H36N2O5/c1-24(2,3)30-23(29)19(20(25)17-12-8-5-9-13-17)21-18(22(27)28)15-26(31-21)14-16-10-6-4-7-11-16/h4,6-7,10-11,17-21H,5,8-9,12-15,25H2,1-3H3,(H,27,28). The minimum Gasteiger partial charge on any atom is -0.481 e. The molecule has 1 saturated heterocycles. The highest BCUT2D eigenvalue weighted by Crippen LogP contribution is 2.36. The molecule has 0 aromatic heterocycles. The maximum atomic E-state index is 13.3. The summed E-state index contributed by atoms with van der Waals surface area (Å²) in [5.74, 6) is -2.97. The summed E-state index contributed by atoms with van der Waals surface area (Å²) in [6.45, 7) is 6.06. The van der Waals surface area contributed by atoms with Crippen molar-refractivity contribution in [2.24, 2.45) is 23.5 Å². The lowest BCUT2D eigenvalue weighted by Crippen LogP contribution is -2.52. The highest BCUT2D eigenvalue weighted by Gasteiger charge is 2.50. The third kappa shape index (κ3) is 6.28. The van der Waals surface area contributed by atoms with E-state index in [4.69, 9.17) is 15.3 Å². The first-order valence-electron chi connectivity index (χ1n) is 11.3. The van der Waals surface area contributed by atoms with Crippen LogP contribution in [0.5, 0.6) is 0 Å². The fourth-order valence-corrected chi connectivity index (χ4v) is 4.73. The van der Waals surface area contributed by atoms with Crippen molar-refractivity contribution in [3.8, 4) is 0 Å². The fraction of sp³-hybridized carbons (Fsp3) is 0.667. The summed E-state index contributed by atoms with van der Waals surface area (Å²) in [4.78, 5) is 31.5. The summed E-state index contributed by atoms with van der Waals surface area (Å²) in [6.07, 6.45) is 4.36. The monoisotopic (exact) mass is 432 g/mol. The summed E-state index contributed by atoms with van der Waals surface area (Å²) in [6, 6.07) is 9.22. The van der Waals surface area contributed by atoms with E-state index in [2.05, 4.69) is 0 Å². The van der Waals surface area contributed by atoms with Crippen molar-refractivity contribution in [2.45, 2.75) is 77.2 Å². The molecule has 31 heavy (non-hydrogen) atoms. The van der Waals surface area contributed by atoms with Crippen molar-refractivity contribution in [1.82, 2.24) is 5.06 Å². The van der Waals surface area contributed by atoms with Crippen LogP contribution in [-0.2, 0) is 25.7 Å². The quantitative estimate of drug-likeness (QED) is 0.637. The lowest BCUT2D eigenvalue weighted by atomic mass is 9.75. The SMILES string of the molecule is CC(C)(C)OC(=O)C(C(N)C1CCCCC1)C1ON(Cc2ccccc2)CC1C(=O)O. The predicted molar refractivity (Wildman–Crippen MR) is 117 cm³/mol. The zero-order valence-corrected chi connectivity index (χ0v) is 18.8. The van der Waals surface area contributed by atoms with Gasteiger partial charge in [0, 0.05) is 19.1 Å². The fourth-order valence-electron chi connectivity index (χ4n) is 4.73. The molecular formula is C24H36N2O5. The van der Waals surface area contributed by atoms with E-state index in [0.717, 1.165) is 31.2 Å². The topological polar surface area (TPSA) is 102 Å². The molecule has 1 aliphatic heterocycles. The second kappa shape index (κ2) is 10.1. The van der Waals surface area contributed by atoms with Crippen LogP contribution in [0, 0.1) is 17.8 Å². The van der Waals surface area contributed by atoms with Gasteiger partial charge in [-0.05, 0) is 45.1 Å². The van der Waals surface area contributed by atoms with Crippen LogP contribution in [0.1, 0.15) is 58.4 Å². The van der Waals surface area contributed by atoms with Gasteiger partial charge in [-0.25, -0.2) is 0 Å². The average molecular weight is 433 g/mol. The minimum absolute atomic E-state index is 0.160. The molecule has 1 heterocycles. The van der Waals surface area contributed by atoms with Gasteiger partial charge in [0.25, 0.3) is 0 Å². The second-order valence-corrected chi connectivity index (χ2v) is 9.86. The van der Waals surface area contributed by atoms with Crippen LogP contribution in [-0.4, -0.2) is 46.4 Å². The van der Waals surface area contributed by atoms with E-state index >= 15 is 0 Å². The molecule has 3 N–H and O–H groups in total. The maximum Gasteiger partial charge on any atom is 0.313 e. The maximum absolute atomic E-state index is 13.3. The third-order valence-electron chi connectivity index (χ3n) is 6.23. The molecule has 2 fully saturated rings. The van der Waals surface area contributed by atoms with Crippen molar-refractivity contribution in [1.29, 1.82) is 0 Å². The Bertz CT molecular complexity index is 742. The first kappa shape index (κ1) is 23.7. The lowest BCUT2D eigenvalue weighted by molar-refractivity contribution is -0.193. The highest BCUT2D eigenvalue weighted by molar-refractivity contribution is 5.78. The van der Waals surface area contributed by atoms with Crippen LogP contribution < -0.4 is 5.73 Å². The van der Waals surface area contributed by atoms with Gasteiger partial charge in [-0.3, -0.25) is 14.4 Å². The number of hydrogen-bond acceptors (Lipinski definition) is 6. The Hall–Kier alpha value is -1.96. The number of hydrogen-bond donors (Lipinski definition) is 2. The van der Waals surface area contributed by atoms with Gasteiger partial charge in [0.05, 0.1) is 0 Å². The number of ether oxygens (including phenoxy) is 1. The Balaban J connectivity index is 1.85. The van der Waals surface area contributed by atoms with Crippen molar-refractivity contribution in [3.05, 3.63) is 35.9 Å². The van der Waals surface area contributed by atoms with Crippen molar-refractivity contribution in [3.63, 3.8) is 0 Å². The summed E-state index contributed by atoms with van der Waals surface area (Å²) in [5, 5.41) is 11.6. The number of carbonyl (C=O) groups excluding carboxylic acids is 1. The molecule has 0 spiro atoms. The number of rotatable bonds is 7. The van der Waals surface area contributed by atoms with E-state index in [0.29, 0.717) is 6.54 Å².